The van der Waals surface area contributed by atoms with Crippen molar-refractivity contribution in [2.45, 2.75) is 32.9 Å². The summed E-state index contributed by atoms with van der Waals surface area (Å²) in [7, 11) is 1.68. The lowest BCUT2D eigenvalue weighted by molar-refractivity contribution is 0.0621. The van der Waals surface area contributed by atoms with E-state index < -0.39 is 0 Å². The molecule has 1 aromatic carbocycles. The van der Waals surface area contributed by atoms with Crippen LogP contribution in [0.25, 0.3) is 5.69 Å². The largest absolute Gasteiger partial charge is 0.497 e. The van der Waals surface area contributed by atoms with Gasteiger partial charge in [-0.25, -0.2) is 4.98 Å². The third-order valence-corrected chi connectivity index (χ3v) is 5.32. The van der Waals surface area contributed by atoms with Crippen molar-refractivity contribution in [3.8, 4) is 11.4 Å². The Morgan fingerprint density at radius 3 is 2.71 bits per heavy atom. The number of rotatable bonds is 8. The summed E-state index contributed by atoms with van der Waals surface area (Å²) >= 11 is 0. The molecule has 6 heteroatoms. The number of hydrogen-bond acceptors (Lipinski definition) is 5. The third-order valence-electron chi connectivity index (χ3n) is 5.32. The van der Waals surface area contributed by atoms with Crippen LogP contribution in [0.3, 0.4) is 0 Å². The Kier molecular flexibility index (Phi) is 7.25. The Balaban J connectivity index is 1.67. The van der Waals surface area contributed by atoms with Gasteiger partial charge < -0.3 is 14.4 Å². The molecule has 1 aliphatic rings. The molecule has 6 nitrogen and oxygen atoms in total. The summed E-state index contributed by atoms with van der Waals surface area (Å²) in [4.78, 5) is 9.52. The van der Waals surface area contributed by atoms with Crippen molar-refractivity contribution in [3.05, 3.63) is 54.1 Å². The standard InChI is InChI=1S/C22H32N4O2/c1-18(2)8-11-25-14-13-24(16-20(25)9-15-27)17-22-23-10-12-26(22)19-4-6-21(28-3)7-5-19/h4-8,10,12,20,27H,9,11,13-17H2,1-3H3/t20-/m0/s1. The van der Waals surface area contributed by atoms with E-state index in [0.29, 0.717) is 6.04 Å². The van der Waals surface area contributed by atoms with Crippen molar-refractivity contribution >= 4 is 0 Å². The predicted molar refractivity (Wildman–Crippen MR) is 112 cm³/mol. The van der Waals surface area contributed by atoms with Crippen LogP contribution in [0.1, 0.15) is 26.1 Å². The number of aliphatic hydroxyl groups excluding tert-OH is 1. The van der Waals surface area contributed by atoms with Crippen LogP contribution in [0.15, 0.2) is 48.3 Å². The molecule has 0 unspecified atom stereocenters. The Labute approximate surface area is 168 Å². The number of ether oxygens (including phenoxy) is 1. The molecule has 0 radical (unpaired) electrons. The zero-order chi connectivity index (χ0) is 19.9. The zero-order valence-electron chi connectivity index (χ0n) is 17.2. The van der Waals surface area contributed by atoms with Gasteiger partial charge in [-0.1, -0.05) is 11.6 Å². The molecule has 1 aromatic heterocycles. The molecule has 1 N–H and O–H groups in total. The van der Waals surface area contributed by atoms with Gasteiger partial charge in [0.15, 0.2) is 0 Å². The number of aromatic nitrogens is 2. The maximum Gasteiger partial charge on any atom is 0.127 e. The average molecular weight is 385 g/mol. The van der Waals surface area contributed by atoms with Crippen LogP contribution in [0.5, 0.6) is 5.75 Å². The molecule has 3 rings (SSSR count). The highest BCUT2D eigenvalue weighted by Crippen LogP contribution is 2.19. The average Bonchev–Trinajstić information content (AvgIpc) is 3.15. The Bertz CT molecular complexity index is 765. The SMILES string of the molecule is COc1ccc(-n2ccnc2CN2CCN(CC=C(C)C)[C@@H](CCO)C2)cc1. The van der Waals surface area contributed by atoms with Gasteiger partial charge in [-0.15, -0.1) is 0 Å². The summed E-state index contributed by atoms with van der Waals surface area (Å²) in [6.07, 6.45) is 6.94. The van der Waals surface area contributed by atoms with Gasteiger partial charge >= 0.3 is 0 Å². The Morgan fingerprint density at radius 1 is 1.25 bits per heavy atom. The van der Waals surface area contributed by atoms with Crippen molar-refractivity contribution in [2.24, 2.45) is 0 Å². The van der Waals surface area contributed by atoms with Crippen LogP contribution >= 0.6 is 0 Å². The van der Waals surface area contributed by atoms with Gasteiger partial charge in [0.05, 0.1) is 13.7 Å². The summed E-state index contributed by atoms with van der Waals surface area (Å²) in [5, 5.41) is 9.50. The highest BCUT2D eigenvalue weighted by Gasteiger charge is 2.26. The number of hydrogen-bond donors (Lipinski definition) is 1. The second-order valence-electron chi connectivity index (χ2n) is 7.59. The number of aliphatic hydroxyl groups is 1. The minimum Gasteiger partial charge on any atom is -0.497 e. The second kappa shape index (κ2) is 9.87. The smallest absolute Gasteiger partial charge is 0.127 e. The van der Waals surface area contributed by atoms with Crippen LogP contribution in [0, 0.1) is 0 Å². The van der Waals surface area contributed by atoms with E-state index in [1.807, 2.05) is 24.5 Å². The molecule has 1 aliphatic heterocycles. The fourth-order valence-electron chi connectivity index (χ4n) is 3.69. The van der Waals surface area contributed by atoms with Gasteiger partial charge in [-0.3, -0.25) is 9.80 Å². The molecule has 0 aliphatic carbocycles. The van der Waals surface area contributed by atoms with Crippen LogP contribution in [-0.2, 0) is 6.54 Å². The van der Waals surface area contributed by atoms with E-state index in [1.54, 1.807) is 7.11 Å². The highest BCUT2D eigenvalue weighted by molar-refractivity contribution is 5.38. The molecule has 0 bridgehead atoms. The number of benzene rings is 1. The maximum absolute atomic E-state index is 9.50. The summed E-state index contributed by atoms with van der Waals surface area (Å²) in [6, 6.07) is 8.42. The summed E-state index contributed by atoms with van der Waals surface area (Å²) in [6.45, 7) is 9.23. The lowest BCUT2D eigenvalue weighted by Gasteiger charge is -2.41. The molecule has 0 spiro atoms. The fraction of sp³-hybridized carbons (Fsp3) is 0.500. The fourth-order valence-corrected chi connectivity index (χ4v) is 3.69. The summed E-state index contributed by atoms with van der Waals surface area (Å²) in [5.74, 6) is 1.88. The normalized spacial score (nSPS) is 18.2. The first kappa shape index (κ1) is 20.6. The van der Waals surface area contributed by atoms with Gasteiger partial charge in [-0.05, 0) is 44.5 Å². The summed E-state index contributed by atoms with van der Waals surface area (Å²) in [5.41, 5.74) is 2.43. The molecule has 1 atom stereocenters. The van der Waals surface area contributed by atoms with E-state index in [0.717, 1.165) is 56.4 Å². The number of methoxy groups -OCH3 is 1. The first-order valence-corrected chi connectivity index (χ1v) is 9.98. The van der Waals surface area contributed by atoms with Crippen LogP contribution in [-0.4, -0.2) is 70.4 Å². The molecule has 152 valence electrons. The molecular weight excluding hydrogens is 352 g/mol. The Morgan fingerprint density at radius 2 is 2.04 bits per heavy atom. The first-order chi connectivity index (χ1) is 13.6. The highest BCUT2D eigenvalue weighted by atomic mass is 16.5. The topological polar surface area (TPSA) is 53.8 Å². The van der Waals surface area contributed by atoms with Gasteiger partial charge in [0.1, 0.15) is 11.6 Å². The van der Waals surface area contributed by atoms with E-state index in [2.05, 4.69) is 51.4 Å². The summed E-state index contributed by atoms with van der Waals surface area (Å²) < 4.78 is 7.39. The molecule has 2 heterocycles. The first-order valence-electron chi connectivity index (χ1n) is 9.98. The van der Waals surface area contributed by atoms with Crippen molar-refractivity contribution in [3.63, 3.8) is 0 Å². The van der Waals surface area contributed by atoms with Gasteiger partial charge in [-0.2, -0.15) is 0 Å². The molecular formula is C22H32N4O2. The van der Waals surface area contributed by atoms with E-state index in [4.69, 9.17) is 4.74 Å². The minimum absolute atomic E-state index is 0.226. The van der Waals surface area contributed by atoms with E-state index in [-0.39, 0.29) is 6.61 Å². The molecule has 0 saturated carbocycles. The molecule has 1 saturated heterocycles. The number of allylic oxidation sites excluding steroid dienone is 1. The lowest BCUT2D eigenvalue weighted by atomic mass is 10.1. The van der Waals surface area contributed by atoms with E-state index in [9.17, 15) is 5.11 Å². The lowest BCUT2D eigenvalue weighted by Crippen LogP contribution is -2.53. The van der Waals surface area contributed by atoms with Crippen LogP contribution < -0.4 is 4.74 Å². The second-order valence-corrected chi connectivity index (χ2v) is 7.59. The molecule has 1 fully saturated rings. The quantitative estimate of drug-likeness (QED) is 0.709. The zero-order valence-corrected chi connectivity index (χ0v) is 17.2. The van der Waals surface area contributed by atoms with Crippen molar-refractivity contribution in [1.82, 2.24) is 19.4 Å². The van der Waals surface area contributed by atoms with Crippen LogP contribution in [0.4, 0.5) is 0 Å². The minimum atomic E-state index is 0.226. The number of imidazole rings is 1. The predicted octanol–water partition coefficient (Wildman–Crippen LogP) is 2.72. The molecule has 2 aromatic rings. The van der Waals surface area contributed by atoms with E-state index in [1.165, 1.54) is 5.57 Å². The van der Waals surface area contributed by atoms with Gasteiger partial charge in [0.25, 0.3) is 0 Å². The number of nitrogens with zero attached hydrogens (tertiary/aromatic N) is 4. The van der Waals surface area contributed by atoms with Crippen molar-refractivity contribution in [1.29, 1.82) is 0 Å². The molecule has 0 amide bonds. The number of piperazine rings is 1. The van der Waals surface area contributed by atoms with Gasteiger partial charge in [0, 0.05) is 56.9 Å². The van der Waals surface area contributed by atoms with E-state index >= 15 is 0 Å². The van der Waals surface area contributed by atoms with Crippen LogP contribution in [0.2, 0.25) is 0 Å². The monoisotopic (exact) mass is 384 g/mol. The Hall–Kier alpha value is -2.15. The molecule has 28 heavy (non-hydrogen) atoms. The van der Waals surface area contributed by atoms with Crippen molar-refractivity contribution < 1.29 is 9.84 Å². The van der Waals surface area contributed by atoms with Gasteiger partial charge in [0.2, 0.25) is 0 Å². The maximum atomic E-state index is 9.50. The van der Waals surface area contributed by atoms with Crippen molar-refractivity contribution in [2.75, 3.05) is 39.9 Å². The third kappa shape index (κ3) is 5.22.